The minimum absolute atomic E-state index is 0. The number of benzene rings is 1. The zero-order valence-corrected chi connectivity index (χ0v) is 19.5. The first-order valence-corrected chi connectivity index (χ1v) is 11.0. The highest BCUT2D eigenvalue weighted by Gasteiger charge is 2.34. The fourth-order valence-electron chi connectivity index (χ4n) is 3.92. The lowest BCUT2D eigenvalue weighted by molar-refractivity contribution is -0.152. The molecule has 0 radical (unpaired) electrons. The monoisotopic (exact) mass is 501 g/mol. The number of piperazine rings is 1. The third-order valence-corrected chi connectivity index (χ3v) is 5.91. The summed E-state index contributed by atoms with van der Waals surface area (Å²) < 4.78 is 6.08. The quantitative estimate of drug-likeness (QED) is 0.604. The molecule has 2 atom stereocenters. The maximum absolute atomic E-state index is 12.9. The molecule has 0 aliphatic carbocycles. The minimum Gasteiger partial charge on any atom is -0.466 e. The molecule has 2 fully saturated rings. The molecule has 2 heterocycles. The lowest BCUT2D eigenvalue weighted by atomic mass is 9.97. The molecule has 3 rings (SSSR count). The summed E-state index contributed by atoms with van der Waals surface area (Å²) in [4.78, 5) is 41.2. The Morgan fingerprint density at radius 1 is 1.30 bits per heavy atom. The normalized spacial score (nSPS) is 21.7. The van der Waals surface area contributed by atoms with Crippen LogP contribution >= 0.6 is 28.3 Å². The van der Waals surface area contributed by atoms with E-state index in [0.29, 0.717) is 39.3 Å². The zero-order chi connectivity index (χ0) is 20.8. The van der Waals surface area contributed by atoms with Crippen molar-refractivity contribution in [1.29, 1.82) is 0 Å². The zero-order valence-electron chi connectivity index (χ0n) is 17.1. The predicted octanol–water partition coefficient (Wildman–Crippen LogP) is 2.36. The van der Waals surface area contributed by atoms with Crippen LogP contribution in [-0.4, -0.2) is 66.4 Å². The number of esters is 1. The lowest BCUT2D eigenvalue weighted by Gasteiger charge is -2.35. The van der Waals surface area contributed by atoms with Gasteiger partial charge in [-0.05, 0) is 37.5 Å². The lowest BCUT2D eigenvalue weighted by Crippen LogP contribution is -2.56. The minimum atomic E-state index is -0.522. The summed E-state index contributed by atoms with van der Waals surface area (Å²) in [5.74, 6) is -0.648. The first-order valence-electron chi connectivity index (χ1n) is 10.2. The molecule has 2 unspecified atom stereocenters. The summed E-state index contributed by atoms with van der Waals surface area (Å²) in [5, 5.41) is 3.18. The standard InChI is InChI=1S/C21H28BrN3O4.ClH/c1-2-29-21(28)16-6-4-9-24(14-16)19(26)12-18-20(27)25(10-8-23-18)13-15-5-3-7-17(22)11-15;/h3,5,7,11,16,18,23H,2,4,6,8-10,12-14H2,1H3;1H. The molecule has 166 valence electrons. The summed E-state index contributed by atoms with van der Waals surface area (Å²) >= 11 is 3.46. The summed E-state index contributed by atoms with van der Waals surface area (Å²) in [7, 11) is 0. The van der Waals surface area contributed by atoms with Crippen molar-refractivity contribution in [2.75, 3.05) is 32.8 Å². The molecule has 1 N–H and O–H groups in total. The van der Waals surface area contributed by atoms with Crippen LogP contribution in [0, 0.1) is 5.92 Å². The second-order valence-corrected chi connectivity index (χ2v) is 8.45. The van der Waals surface area contributed by atoms with Gasteiger partial charge in [-0.25, -0.2) is 0 Å². The van der Waals surface area contributed by atoms with E-state index in [9.17, 15) is 14.4 Å². The van der Waals surface area contributed by atoms with Crippen LogP contribution in [0.2, 0.25) is 0 Å². The van der Waals surface area contributed by atoms with Crippen molar-refractivity contribution in [2.24, 2.45) is 5.92 Å². The van der Waals surface area contributed by atoms with Crippen LogP contribution in [0.5, 0.6) is 0 Å². The topological polar surface area (TPSA) is 79.0 Å². The Bertz CT molecular complexity index is 764. The van der Waals surface area contributed by atoms with Crippen molar-refractivity contribution < 1.29 is 19.1 Å². The number of rotatable bonds is 6. The van der Waals surface area contributed by atoms with Gasteiger partial charge in [0.15, 0.2) is 0 Å². The highest BCUT2D eigenvalue weighted by atomic mass is 79.9. The summed E-state index contributed by atoms with van der Waals surface area (Å²) in [6.45, 7) is 4.92. The molecule has 2 aliphatic rings. The van der Waals surface area contributed by atoms with E-state index in [4.69, 9.17) is 4.74 Å². The van der Waals surface area contributed by atoms with Crippen LogP contribution in [0.25, 0.3) is 0 Å². The first kappa shape index (κ1) is 24.6. The Balaban J connectivity index is 0.00000320. The van der Waals surface area contributed by atoms with Crippen LogP contribution in [0.3, 0.4) is 0 Å². The number of hydrogen-bond donors (Lipinski definition) is 1. The summed E-state index contributed by atoms with van der Waals surface area (Å²) in [5.41, 5.74) is 1.05. The fraction of sp³-hybridized carbons (Fsp3) is 0.571. The highest BCUT2D eigenvalue weighted by molar-refractivity contribution is 9.10. The third-order valence-electron chi connectivity index (χ3n) is 5.42. The van der Waals surface area contributed by atoms with Gasteiger partial charge in [0.2, 0.25) is 11.8 Å². The molecular weight excluding hydrogens is 474 g/mol. The van der Waals surface area contributed by atoms with Crippen molar-refractivity contribution in [1.82, 2.24) is 15.1 Å². The van der Waals surface area contributed by atoms with Gasteiger partial charge >= 0.3 is 5.97 Å². The summed E-state index contributed by atoms with van der Waals surface area (Å²) in [6.07, 6.45) is 1.63. The molecule has 30 heavy (non-hydrogen) atoms. The number of hydrogen-bond acceptors (Lipinski definition) is 5. The van der Waals surface area contributed by atoms with E-state index < -0.39 is 6.04 Å². The molecule has 0 saturated carbocycles. The molecule has 1 aromatic carbocycles. The van der Waals surface area contributed by atoms with Crippen LogP contribution in [0.1, 0.15) is 31.7 Å². The Hall–Kier alpha value is -1.64. The van der Waals surface area contributed by atoms with Gasteiger partial charge in [0.05, 0.1) is 25.0 Å². The van der Waals surface area contributed by atoms with Crippen molar-refractivity contribution >= 4 is 46.1 Å². The van der Waals surface area contributed by atoms with E-state index in [1.165, 1.54) is 0 Å². The average molecular weight is 503 g/mol. The van der Waals surface area contributed by atoms with Gasteiger partial charge in [0.25, 0.3) is 0 Å². The summed E-state index contributed by atoms with van der Waals surface area (Å²) in [6, 6.07) is 7.37. The number of piperidine rings is 1. The van der Waals surface area contributed by atoms with Gasteiger partial charge < -0.3 is 19.9 Å². The second kappa shape index (κ2) is 11.7. The number of nitrogens with zero attached hydrogens (tertiary/aromatic N) is 2. The molecule has 2 amide bonds. The maximum atomic E-state index is 12.9. The first-order chi connectivity index (χ1) is 14.0. The predicted molar refractivity (Wildman–Crippen MR) is 119 cm³/mol. The van der Waals surface area contributed by atoms with E-state index in [1.807, 2.05) is 24.3 Å². The van der Waals surface area contributed by atoms with Crippen LogP contribution in [-0.2, 0) is 25.7 Å². The molecule has 0 spiro atoms. The van der Waals surface area contributed by atoms with Crippen molar-refractivity contribution in [3.05, 3.63) is 34.3 Å². The third kappa shape index (κ3) is 6.43. The average Bonchev–Trinajstić information content (AvgIpc) is 2.71. The van der Waals surface area contributed by atoms with Gasteiger partial charge in [-0.3, -0.25) is 14.4 Å². The van der Waals surface area contributed by atoms with Crippen molar-refractivity contribution in [3.63, 3.8) is 0 Å². The number of halogens is 2. The molecule has 0 bridgehead atoms. The SMILES string of the molecule is CCOC(=O)C1CCCN(C(=O)CC2NCCN(Cc3cccc(Br)c3)C2=O)C1.Cl. The van der Waals surface area contributed by atoms with Gasteiger partial charge in [0.1, 0.15) is 0 Å². The van der Waals surface area contributed by atoms with E-state index in [0.717, 1.165) is 22.9 Å². The van der Waals surface area contributed by atoms with E-state index in [-0.39, 0.29) is 42.5 Å². The van der Waals surface area contributed by atoms with Gasteiger partial charge in [0, 0.05) is 37.2 Å². The number of amides is 2. The molecule has 1 aromatic rings. The molecule has 7 nitrogen and oxygen atoms in total. The van der Waals surface area contributed by atoms with E-state index in [1.54, 1.807) is 16.7 Å². The fourth-order valence-corrected chi connectivity index (χ4v) is 4.37. The number of carbonyl (C=O) groups is 3. The molecule has 2 aliphatic heterocycles. The number of nitrogens with one attached hydrogen (secondary N) is 1. The van der Waals surface area contributed by atoms with Gasteiger partial charge in [-0.1, -0.05) is 28.1 Å². The largest absolute Gasteiger partial charge is 0.466 e. The van der Waals surface area contributed by atoms with Crippen molar-refractivity contribution in [2.45, 2.75) is 38.8 Å². The number of carbonyl (C=O) groups excluding carboxylic acids is 3. The Kier molecular flexibility index (Phi) is 9.58. The van der Waals surface area contributed by atoms with Crippen LogP contribution in [0.4, 0.5) is 0 Å². The van der Waals surface area contributed by atoms with Crippen LogP contribution in [0.15, 0.2) is 28.7 Å². The van der Waals surface area contributed by atoms with E-state index in [2.05, 4.69) is 21.2 Å². The molecule has 9 heteroatoms. The second-order valence-electron chi connectivity index (χ2n) is 7.53. The van der Waals surface area contributed by atoms with Crippen molar-refractivity contribution in [3.8, 4) is 0 Å². The molecular formula is C21H29BrClN3O4. The number of likely N-dealkylation sites (tertiary alicyclic amines) is 1. The highest BCUT2D eigenvalue weighted by Crippen LogP contribution is 2.20. The smallest absolute Gasteiger partial charge is 0.310 e. The molecule has 0 aromatic heterocycles. The van der Waals surface area contributed by atoms with Gasteiger partial charge in [-0.15, -0.1) is 12.4 Å². The van der Waals surface area contributed by atoms with Crippen LogP contribution < -0.4 is 5.32 Å². The Morgan fingerprint density at radius 3 is 2.83 bits per heavy atom. The Morgan fingerprint density at radius 2 is 2.10 bits per heavy atom. The molecule has 2 saturated heterocycles. The maximum Gasteiger partial charge on any atom is 0.310 e. The number of ether oxygens (including phenoxy) is 1. The Labute approximate surface area is 192 Å². The van der Waals surface area contributed by atoms with Gasteiger partial charge in [-0.2, -0.15) is 0 Å². The van der Waals surface area contributed by atoms with E-state index >= 15 is 0 Å².